The van der Waals surface area contributed by atoms with Crippen molar-refractivity contribution in [2.24, 2.45) is 0 Å². The molecule has 0 heterocycles. The molecule has 72 valence electrons. The highest BCUT2D eigenvalue weighted by atomic mass is 35.5. The molecule has 1 aromatic rings. The Balaban J connectivity index is 3.24. The molecule has 0 fully saturated rings. The van der Waals surface area contributed by atoms with E-state index in [2.05, 4.69) is 4.74 Å². The van der Waals surface area contributed by atoms with Gasteiger partial charge in [0.05, 0.1) is 0 Å². The third-order valence-corrected chi connectivity index (χ3v) is 1.39. The lowest BCUT2D eigenvalue weighted by atomic mass is 10.3. The monoisotopic (exact) mass is 214 g/mol. The Kier molecular flexibility index (Phi) is 2.98. The predicted molar refractivity (Wildman–Crippen MR) is 37.6 cm³/mol. The van der Waals surface area contributed by atoms with Crippen LogP contribution in [0.25, 0.3) is 0 Å². The quantitative estimate of drug-likeness (QED) is 0.318. The van der Waals surface area contributed by atoms with Gasteiger partial charge in [-0.15, -0.1) is 0 Å². The summed E-state index contributed by atoms with van der Waals surface area (Å²) < 4.78 is 54.2. The van der Waals surface area contributed by atoms with Gasteiger partial charge in [0.1, 0.15) is 0 Å². The Labute approximate surface area is 75.9 Å². The normalized spacial score (nSPS) is 10.2. The summed E-state index contributed by atoms with van der Waals surface area (Å²) in [5.41, 5.74) is 0. The maximum absolute atomic E-state index is 12.7. The predicted octanol–water partition coefficient (Wildman–Crippen LogP) is 2.82. The van der Waals surface area contributed by atoms with Gasteiger partial charge in [0.15, 0.2) is 23.5 Å². The van der Waals surface area contributed by atoms with Crippen LogP contribution in [0.15, 0.2) is 6.07 Å². The molecule has 0 saturated heterocycles. The molecule has 0 amide bonds. The van der Waals surface area contributed by atoms with Gasteiger partial charge in [-0.2, -0.15) is 4.39 Å². The van der Waals surface area contributed by atoms with E-state index in [4.69, 9.17) is 11.6 Å². The van der Waals surface area contributed by atoms with E-state index in [1.54, 1.807) is 0 Å². The fraction of sp³-hybridized carbons (Fsp3) is 0.143. The zero-order valence-corrected chi connectivity index (χ0v) is 6.84. The van der Waals surface area contributed by atoms with Crippen LogP contribution in [0, 0.1) is 23.3 Å². The van der Waals surface area contributed by atoms with Gasteiger partial charge in [-0.05, 0) is 0 Å². The van der Waals surface area contributed by atoms with E-state index in [1.165, 1.54) is 0 Å². The summed E-state index contributed by atoms with van der Waals surface area (Å²) in [6.45, 7) is 0. The summed E-state index contributed by atoms with van der Waals surface area (Å²) in [6.07, 6.45) is 0. The number of hydrogen-bond donors (Lipinski definition) is 0. The molecule has 0 saturated carbocycles. The molecule has 0 unspecified atom stereocenters. The lowest BCUT2D eigenvalue weighted by Gasteiger charge is -2.04. The van der Waals surface area contributed by atoms with Gasteiger partial charge < -0.3 is 4.74 Å². The number of ether oxygens (including phenoxy) is 1. The van der Waals surface area contributed by atoms with Crippen molar-refractivity contribution in [3.8, 4) is 5.75 Å². The first kappa shape index (κ1) is 10.1. The van der Waals surface area contributed by atoms with E-state index in [9.17, 15) is 17.6 Å². The van der Waals surface area contributed by atoms with Crippen molar-refractivity contribution in [1.82, 2.24) is 0 Å². The minimum Gasteiger partial charge on any atom is -0.475 e. The van der Waals surface area contributed by atoms with Crippen LogP contribution < -0.4 is 4.74 Å². The molecule has 0 aliphatic carbocycles. The number of halogens is 5. The topological polar surface area (TPSA) is 9.23 Å². The number of hydrogen-bond acceptors (Lipinski definition) is 1. The minimum atomic E-state index is -1.92. The molecule has 0 radical (unpaired) electrons. The Morgan fingerprint density at radius 1 is 1.08 bits per heavy atom. The van der Waals surface area contributed by atoms with Gasteiger partial charge in [-0.3, -0.25) is 0 Å². The minimum absolute atomic E-state index is 0.385. The third-order valence-electron chi connectivity index (χ3n) is 1.28. The summed E-state index contributed by atoms with van der Waals surface area (Å²) in [5.74, 6) is -7.68. The van der Waals surface area contributed by atoms with Gasteiger partial charge >= 0.3 is 0 Å². The molecule has 0 aromatic heterocycles. The SMILES string of the molecule is Fc1cc(OCCl)c(F)c(F)c1F. The van der Waals surface area contributed by atoms with E-state index in [0.717, 1.165) is 0 Å². The largest absolute Gasteiger partial charge is 0.475 e. The van der Waals surface area contributed by atoms with E-state index in [0.29, 0.717) is 6.07 Å². The average Bonchev–Trinajstić information content (AvgIpc) is 2.11. The standard InChI is InChI=1S/C7H3ClF4O/c8-2-13-4-1-3(9)5(10)7(12)6(4)11/h1H,2H2. The molecule has 0 bridgehead atoms. The third kappa shape index (κ3) is 1.85. The van der Waals surface area contributed by atoms with Gasteiger partial charge in [-0.1, -0.05) is 11.6 Å². The van der Waals surface area contributed by atoms with Crippen LogP contribution in [0.5, 0.6) is 5.75 Å². The molecule has 1 aromatic carbocycles. The Bertz CT molecular complexity index is 329. The van der Waals surface area contributed by atoms with Crippen molar-refractivity contribution >= 4 is 11.6 Å². The van der Waals surface area contributed by atoms with Crippen molar-refractivity contribution in [2.45, 2.75) is 0 Å². The van der Waals surface area contributed by atoms with Crippen LogP contribution in [0.3, 0.4) is 0 Å². The van der Waals surface area contributed by atoms with Crippen LogP contribution in [-0.2, 0) is 0 Å². The van der Waals surface area contributed by atoms with Crippen LogP contribution in [0.1, 0.15) is 0 Å². The van der Waals surface area contributed by atoms with Crippen molar-refractivity contribution in [1.29, 1.82) is 0 Å². The Morgan fingerprint density at radius 3 is 2.23 bits per heavy atom. The molecular weight excluding hydrogens is 212 g/mol. The molecule has 13 heavy (non-hydrogen) atoms. The first-order valence-corrected chi connectivity index (χ1v) is 3.63. The fourth-order valence-electron chi connectivity index (χ4n) is 0.715. The molecule has 0 spiro atoms. The van der Waals surface area contributed by atoms with Gasteiger partial charge in [-0.25, -0.2) is 13.2 Å². The maximum atomic E-state index is 12.7. The molecule has 0 atom stereocenters. The summed E-state index contributed by atoms with van der Waals surface area (Å²) in [5, 5.41) is 0. The molecule has 1 nitrogen and oxygen atoms in total. The first-order chi connectivity index (χ1) is 6.07. The van der Waals surface area contributed by atoms with Crippen molar-refractivity contribution in [3.05, 3.63) is 29.3 Å². The summed E-state index contributed by atoms with van der Waals surface area (Å²) in [6, 6.07) is -0.0996. The summed E-state index contributed by atoms with van der Waals surface area (Å²) in [4.78, 5) is 0. The molecular formula is C7H3ClF4O. The van der Waals surface area contributed by atoms with Crippen molar-refractivity contribution in [3.63, 3.8) is 0 Å². The van der Waals surface area contributed by atoms with E-state index in [-0.39, 0.29) is 0 Å². The first-order valence-electron chi connectivity index (χ1n) is 3.09. The fourth-order valence-corrected chi connectivity index (χ4v) is 0.833. The van der Waals surface area contributed by atoms with Crippen molar-refractivity contribution < 1.29 is 22.3 Å². The molecule has 0 aliphatic rings. The number of rotatable bonds is 2. The molecule has 0 aliphatic heterocycles. The zero-order valence-electron chi connectivity index (χ0n) is 6.08. The second-order valence-electron chi connectivity index (χ2n) is 2.05. The highest BCUT2D eigenvalue weighted by Gasteiger charge is 2.19. The molecule has 0 N–H and O–H groups in total. The smallest absolute Gasteiger partial charge is 0.203 e. The summed E-state index contributed by atoms with van der Waals surface area (Å²) >= 11 is 5.02. The van der Waals surface area contributed by atoms with Gasteiger partial charge in [0.25, 0.3) is 0 Å². The Hall–Kier alpha value is -0.970. The van der Waals surface area contributed by atoms with E-state index in [1.807, 2.05) is 0 Å². The van der Waals surface area contributed by atoms with Crippen LogP contribution in [0.4, 0.5) is 17.6 Å². The van der Waals surface area contributed by atoms with E-state index < -0.39 is 35.1 Å². The van der Waals surface area contributed by atoms with Crippen molar-refractivity contribution in [2.75, 3.05) is 6.07 Å². The lowest BCUT2D eigenvalue weighted by Crippen LogP contribution is -2.00. The van der Waals surface area contributed by atoms with Crippen LogP contribution in [0.2, 0.25) is 0 Å². The van der Waals surface area contributed by atoms with Crippen LogP contribution in [-0.4, -0.2) is 6.07 Å². The van der Waals surface area contributed by atoms with E-state index >= 15 is 0 Å². The zero-order chi connectivity index (χ0) is 10.0. The van der Waals surface area contributed by atoms with Crippen LogP contribution >= 0.6 is 11.6 Å². The van der Waals surface area contributed by atoms with Gasteiger partial charge in [0.2, 0.25) is 11.6 Å². The second kappa shape index (κ2) is 3.83. The highest BCUT2D eigenvalue weighted by molar-refractivity contribution is 6.17. The average molecular weight is 215 g/mol. The Morgan fingerprint density at radius 2 is 1.69 bits per heavy atom. The second-order valence-corrected chi connectivity index (χ2v) is 2.27. The number of benzene rings is 1. The summed E-state index contributed by atoms with van der Waals surface area (Å²) in [7, 11) is 0. The molecule has 6 heteroatoms. The maximum Gasteiger partial charge on any atom is 0.203 e. The lowest BCUT2D eigenvalue weighted by molar-refractivity contribution is 0.332. The van der Waals surface area contributed by atoms with Gasteiger partial charge in [0, 0.05) is 6.07 Å². The highest BCUT2D eigenvalue weighted by Crippen LogP contribution is 2.24. The number of alkyl halides is 1. The molecule has 1 rings (SSSR count).